The van der Waals surface area contributed by atoms with E-state index >= 15 is 0 Å². The van der Waals surface area contributed by atoms with E-state index in [4.69, 9.17) is 21.4 Å². The van der Waals surface area contributed by atoms with Crippen molar-refractivity contribution < 1.29 is 19.5 Å². The highest BCUT2D eigenvalue weighted by molar-refractivity contribution is 6.03. The maximum absolute atomic E-state index is 11.9. The summed E-state index contributed by atoms with van der Waals surface area (Å²) in [5.41, 5.74) is 13.5. The molecule has 2 rings (SSSR count). The molecule has 0 bridgehead atoms. The van der Waals surface area contributed by atoms with Gasteiger partial charge < -0.3 is 21.4 Å². The van der Waals surface area contributed by atoms with Crippen LogP contribution in [0.1, 0.15) is 20.3 Å². The Morgan fingerprint density at radius 3 is 2.67 bits per heavy atom. The SMILES string of the molecule is CCOC(=O)[C@@H]1[C@@H](C(N)=O)[C@H]1C1=CCC(=NO)C(N)=C1C. The zero-order valence-corrected chi connectivity index (χ0v) is 12.0. The lowest BCUT2D eigenvalue weighted by Crippen LogP contribution is -2.20. The highest BCUT2D eigenvalue weighted by atomic mass is 16.5. The first-order valence-corrected chi connectivity index (χ1v) is 6.78. The first kappa shape index (κ1) is 15.1. The summed E-state index contributed by atoms with van der Waals surface area (Å²) in [5, 5.41) is 12.0. The van der Waals surface area contributed by atoms with Gasteiger partial charge in [-0.1, -0.05) is 11.2 Å². The fourth-order valence-electron chi connectivity index (χ4n) is 2.91. The maximum atomic E-state index is 11.9. The molecule has 0 aromatic rings. The molecule has 2 aliphatic rings. The van der Waals surface area contributed by atoms with Gasteiger partial charge in [-0.15, -0.1) is 0 Å². The van der Waals surface area contributed by atoms with Crippen molar-refractivity contribution in [2.24, 2.45) is 34.4 Å². The first-order valence-electron chi connectivity index (χ1n) is 6.78. The summed E-state index contributed by atoms with van der Waals surface area (Å²) in [5.74, 6) is -2.36. The minimum absolute atomic E-state index is 0.255. The standard InChI is InChI=1S/C14H19N3O4/c1-3-21-14(19)11-9(10(11)13(16)18)7-4-5-8(17-20)12(15)6(7)2/h4,9-11,20H,3,5,15H2,1-2H3,(H2,16,18)/t9-,10+,11+/m1/s1. The van der Waals surface area contributed by atoms with Crippen LogP contribution in [-0.2, 0) is 14.3 Å². The molecule has 0 radical (unpaired) electrons. The van der Waals surface area contributed by atoms with Crippen LogP contribution < -0.4 is 11.5 Å². The molecule has 0 aromatic heterocycles. The minimum atomic E-state index is -0.564. The molecule has 1 fully saturated rings. The normalized spacial score (nSPS) is 30.1. The molecule has 5 N–H and O–H groups in total. The lowest BCUT2D eigenvalue weighted by Gasteiger charge is -2.17. The van der Waals surface area contributed by atoms with Gasteiger partial charge in [0.25, 0.3) is 0 Å². The van der Waals surface area contributed by atoms with Crippen LogP contribution in [0.5, 0.6) is 0 Å². The van der Waals surface area contributed by atoms with Crippen molar-refractivity contribution in [2.45, 2.75) is 20.3 Å². The Hall–Kier alpha value is -2.31. The number of primary amides is 1. The lowest BCUT2D eigenvalue weighted by atomic mass is 9.90. The number of nitrogens with zero attached hydrogens (tertiary/aromatic N) is 1. The molecule has 21 heavy (non-hydrogen) atoms. The van der Waals surface area contributed by atoms with Crippen molar-refractivity contribution in [1.82, 2.24) is 0 Å². The second-order valence-corrected chi connectivity index (χ2v) is 5.18. The van der Waals surface area contributed by atoms with E-state index in [9.17, 15) is 9.59 Å². The van der Waals surface area contributed by atoms with Crippen molar-refractivity contribution in [1.29, 1.82) is 0 Å². The van der Waals surface area contributed by atoms with Crippen LogP contribution >= 0.6 is 0 Å². The Morgan fingerprint density at radius 2 is 2.14 bits per heavy atom. The predicted octanol–water partition coefficient (Wildman–Crippen LogP) is 0.290. The number of amides is 1. The maximum Gasteiger partial charge on any atom is 0.310 e. The molecule has 2 aliphatic carbocycles. The van der Waals surface area contributed by atoms with E-state index in [1.807, 2.05) is 6.08 Å². The smallest absolute Gasteiger partial charge is 0.310 e. The van der Waals surface area contributed by atoms with Gasteiger partial charge in [-0.05, 0) is 25.0 Å². The number of esters is 1. The number of carbonyl (C=O) groups excluding carboxylic acids is 2. The molecule has 1 amide bonds. The summed E-state index contributed by atoms with van der Waals surface area (Å²) in [6.45, 7) is 3.73. The number of carbonyl (C=O) groups is 2. The number of allylic oxidation sites excluding steroid dienone is 4. The van der Waals surface area contributed by atoms with Crippen molar-refractivity contribution in [3.05, 3.63) is 22.9 Å². The monoisotopic (exact) mass is 293 g/mol. The number of nitrogens with two attached hydrogens (primary N) is 2. The average molecular weight is 293 g/mol. The van der Waals surface area contributed by atoms with Crippen LogP contribution in [0.4, 0.5) is 0 Å². The summed E-state index contributed by atoms with van der Waals surface area (Å²) < 4.78 is 4.99. The van der Waals surface area contributed by atoms with Gasteiger partial charge in [0, 0.05) is 12.3 Å². The van der Waals surface area contributed by atoms with Crippen LogP contribution in [0.15, 0.2) is 28.1 Å². The van der Waals surface area contributed by atoms with E-state index in [2.05, 4.69) is 5.16 Å². The van der Waals surface area contributed by atoms with Gasteiger partial charge in [0.05, 0.1) is 24.1 Å². The van der Waals surface area contributed by atoms with Crippen LogP contribution in [0.2, 0.25) is 0 Å². The summed E-state index contributed by atoms with van der Waals surface area (Å²) in [4.78, 5) is 23.4. The molecule has 7 heteroatoms. The van der Waals surface area contributed by atoms with E-state index in [-0.39, 0.29) is 12.5 Å². The highest BCUT2D eigenvalue weighted by Crippen LogP contribution is 2.54. The number of rotatable bonds is 4. The van der Waals surface area contributed by atoms with E-state index in [0.717, 1.165) is 5.57 Å². The first-order chi connectivity index (χ1) is 9.93. The zero-order valence-electron chi connectivity index (χ0n) is 12.0. The fraction of sp³-hybridized carbons (Fsp3) is 0.500. The Balaban J connectivity index is 2.28. The van der Waals surface area contributed by atoms with Gasteiger partial charge in [-0.2, -0.15) is 0 Å². The third kappa shape index (κ3) is 2.51. The van der Waals surface area contributed by atoms with Crippen LogP contribution in [-0.4, -0.2) is 29.4 Å². The van der Waals surface area contributed by atoms with E-state index < -0.39 is 23.7 Å². The number of hydrogen-bond donors (Lipinski definition) is 3. The number of hydrogen-bond acceptors (Lipinski definition) is 6. The van der Waals surface area contributed by atoms with Crippen LogP contribution in [0, 0.1) is 17.8 Å². The predicted molar refractivity (Wildman–Crippen MR) is 75.1 cm³/mol. The average Bonchev–Trinajstić information content (AvgIpc) is 3.17. The van der Waals surface area contributed by atoms with E-state index in [0.29, 0.717) is 23.4 Å². The Labute approximate surface area is 122 Å². The minimum Gasteiger partial charge on any atom is -0.466 e. The van der Waals surface area contributed by atoms with Crippen molar-refractivity contribution >= 4 is 17.6 Å². The van der Waals surface area contributed by atoms with Crippen molar-refractivity contribution in [3.8, 4) is 0 Å². The summed E-state index contributed by atoms with van der Waals surface area (Å²) >= 11 is 0. The topological polar surface area (TPSA) is 128 Å². The fourth-order valence-corrected chi connectivity index (χ4v) is 2.91. The molecule has 0 heterocycles. The second kappa shape index (κ2) is 5.59. The Kier molecular flexibility index (Phi) is 4.02. The van der Waals surface area contributed by atoms with Gasteiger partial charge in [-0.25, -0.2) is 0 Å². The summed E-state index contributed by atoms with van der Waals surface area (Å²) in [6, 6.07) is 0. The number of oxime groups is 1. The van der Waals surface area contributed by atoms with Gasteiger partial charge >= 0.3 is 5.97 Å². The molecule has 0 aromatic carbocycles. The van der Waals surface area contributed by atoms with Gasteiger partial charge in [0.1, 0.15) is 5.71 Å². The zero-order chi connectivity index (χ0) is 15.7. The summed E-state index contributed by atoms with van der Waals surface area (Å²) in [6.07, 6.45) is 2.17. The third-order valence-corrected chi connectivity index (χ3v) is 4.05. The van der Waals surface area contributed by atoms with Crippen molar-refractivity contribution in [2.75, 3.05) is 6.61 Å². The molecule has 0 spiro atoms. The van der Waals surface area contributed by atoms with Gasteiger partial charge in [0.15, 0.2) is 0 Å². The lowest BCUT2D eigenvalue weighted by molar-refractivity contribution is -0.146. The van der Waals surface area contributed by atoms with Crippen LogP contribution in [0.25, 0.3) is 0 Å². The molecular formula is C14H19N3O4. The molecule has 7 nitrogen and oxygen atoms in total. The van der Waals surface area contributed by atoms with Crippen LogP contribution in [0.3, 0.4) is 0 Å². The van der Waals surface area contributed by atoms with E-state index in [1.54, 1.807) is 13.8 Å². The van der Waals surface area contributed by atoms with Gasteiger partial charge in [-0.3, -0.25) is 9.59 Å². The van der Waals surface area contributed by atoms with E-state index in [1.165, 1.54) is 0 Å². The summed E-state index contributed by atoms with van der Waals surface area (Å²) in [7, 11) is 0. The Bertz CT molecular complexity index is 577. The number of ether oxygens (including phenoxy) is 1. The molecule has 0 saturated heterocycles. The second-order valence-electron chi connectivity index (χ2n) is 5.18. The third-order valence-electron chi connectivity index (χ3n) is 4.05. The molecule has 0 unspecified atom stereocenters. The van der Waals surface area contributed by atoms with Crippen molar-refractivity contribution in [3.63, 3.8) is 0 Å². The molecule has 3 atom stereocenters. The Morgan fingerprint density at radius 1 is 1.48 bits per heavy atom. The molecular weight excluding hydrogens is 274 g/mol. The largest absolute Gasteiger partial charge is 0.466 e. The van der Waals surface area contributed by atoms with Gasteiger partial charge in [0.2, 0.25) is 5.91 Å². The molecule has 0 aliphatic heterocycles. The quantitative estimate of drug-likeness (QED) is 0.390. The highest BCUT2D eigenvalue weighted by Gasteiger charge is 2.61. The molecule has 114 valence electrons. The molecule has 1 saturated carbocycles.